The van der Waals surface area contributed by atoms with Gasteiger partial charge in [0.15, 0.2) is 11.5 Å². The Balaban J connectivity index is 2.30. The molecule has 0 amide bonds. The predicted octanol–water partition coefficient (Wildman–Crippen LogP) is 1.45. The van der Waals surface area contributed by atoms with E-state index in [9.17, 15) is 9.59 Å². The number of benzene rings is 1. The van der Waals surface area contributed by atoms with Crippen LogP contribution in [0.5, 0.6) is 11.5 Å². The molecule has 1 aromatic rings. The standard InChI is InChI=1S/C13H12O5/c1-16-10-4-3-8(5-12(10)17-2)11-6-9(7-14)13(15)18-11/h3-5,11H,6H2,1-2H3. The normalized spacial score (nSPS) is 18.2. The molecule has 1 aliphatic rings. The number of esters is 1. The van der Waals surface area contributed by atoms with E-state index >= 15 is 0 Å². The fourth-order valence-electron chi connectivity index (χ4n) is 1.83. The molecule has 5 heteroatoms. The Morgan fingerprint density at radius 2 is 2.00 bits per heavy atom. The molecule has 0 N–H and O–H groups in total. The summed E-state index contributed by atoms with van der Waals surface area (Å²) in [6.07, 6.45) is -0.230. The lowest BCUT2D eigenvalue weighted by molar-refractivity contribution is -0.139. The molecule has 1 aromatic carbocycles. The molecule has 94 valence electrons. The number of carbonyl (C=O) groups excluding carboxylic acids is 2. The average Bonchev–Trinajstić information content (AvgIpc) is 2.79. The lowest BCUT2D eigenvalue weighted by Gasteiger charge is -2.12. The summed E-state index contributed by atoms with van der Waals surface area (Å²) < 4.78 is 15.4. The maximum absolute atomic E-state index is 11.3. The summed E-state index contributed by atoms with van der Waals surface area (Å²) >= 11 is 0. The van der Waals surface area contributed by atoms with Gasteiger partial charge in [0.05, 0.1) is 14.2 Å². The molecule has 1 heterocycles. The fourth-order valence-corrected chi connectivity index (χ4v) is 1.83. The molecular weight excluding hydrogens is 236 g/mol. The van der Waals surface area contributed by atoms with Crippen LogP contribution in [-0.4, -0.2) is 26.1 Å². The highest BCUT2D eigenvalue weighted by atomic mass is 16.6. The van der Waals surface area contributed by atoms with Crippen LogP contribution in [0.15, 0.2) is 23.8 Å². The zero-order valence-corrected chi connectivity index (χ0v) is 10.1. The second kappa shape index (κ2) is 4.94. The van der Waals surface area contributed by atoms with Crippen LogP contribution in [0.2, 0.25) is 0 Å². The van der Waals surface area contributed by atoms with E-state index in [1.807, 2.05) is 0 Å². The average molecular weight is 248 g/mol. The minimum Gasteiger partial charge on any atom is -0.493 e. The van der Waals surface area contributed by atoms with E-state index in [4.69, 9.17) is 14.2 Å². The first-order valence-electron chi connectivity index (χ1n) is 5.36. The molecular formula is C13H12O5. The third-order valence-electron chi connectivity index (χ3n) is 2.79. The number of ether oxygens (including phenoxy) is 3. The molecule has 2 rings (SSSR count). The third-order valence-corrected chi connectivity index (χ3v) is 2.79. The molecule has 1 unspecified atom stereocenters. The SMILES string of the molecule is COc1ccc(C2CC(=C=O)C(=O)O2)cc1OC. The highest BCUT2D eigenvalue weighted by Gasteiger charge is 2.31. The van der Waals surface area contributed by atoms with Gasteiger partial charge in [-0.25, -0.2) is 9.59 Å². The summed E-state index contributed by atoms with van der Waals surface area (Å²) in [5.41, 5.74) is 0.793. The third kappa shape index (κ3) is 2.08. The lowest BCUT2D eigenvalue weighted by atomic mass is 10.0. The molecule has 0 spiro atoms. The number of hydrogen-bond donors (Lipinski definition) is 0. The minimum atomic E-state index is -0.607. The van der Waals surface area contributed by atoms with Gasteiger partial charge < -0.3 is 14.2 Å². The molecule has 0 radical (unpaired) electrons. The van der Waals surface area contributed by atoms with Crippen molar-refractivity contribution in [2.24, 2.45) is 0 Å². The summed E-state index contributed by atoms with van der Waals surface area (Å²) in [5, 5.41) is 0. The van der Waals surface area contributed by atoms with E-state index in [-0.39, 0.29) is 12.0 Å². The van der Waals surface area contributed by atoms with E-state index in [1.54, 1.807) is 31.3 Å². The maximum Gasteiger partial charge on any atom is 0.346 e. The Kier molecular flexibility index (Phi) is 3.35. The van der Waals surface area contributed by atoms with Crippen LogP contribution in [0.1, 0.15) is 18.1 Å². The van der Waals surface area contributed by atoms with E-state index in [0.29, 0.717) is 11.5 Å². The molecule has 5 nitrogen and oxygen atoms in total. The molecule has 1 fully saturated rings. The van der Waals surface area contributed by atoms with Gasteiger partial charge in [-0.3, -0.25) is 0 Å². The maximum atomic E-state index is 11.3. The molecule has 0 aromatic heterocycles. The van der Waals surface area contributed by atoms with E-state index in [0.717, 1.165) is 5.56 Å². The molecule has 1 atom stereocenters. The Bertz CT molecular complexity index is 528. The van der Waals surface area contributed by atoms with Crippen LogP contribution in [-0.2, 0) is 14.3 Å². The van der Waals surface area contributed by atoms with Crippen LogP contribution in [0.3, 0.4) is 0 Å². The van der Waals surface area contributed by atoms with E-state index in [2.05, 4.69) is 0 Å². The van der Waals surface area contributed by atoms with Crippen molar-refractivity contribution in [3.63, 3.8) is 0 Å². The van der Waals surface area contributed by atoms with E-state index < -0.39 is 12.1 Å². The van der Waals surface area contributed by atoms with Crippen LogP contribution < -0.4 is 9.47 Å². The topological polar surface area (TPSA) is 61.8 Å². The summed E-state index contributed by atoms with van der Waals surface area (Å²) in [6.45, 7) is 0. The van der Waals surface area contributed by atoms with Gasteiger partial charge in [-0.2, -0.15) is 0 Å². The predicted molar refractivity (Wildman–Crippen MR) is 62.2 cm³/mol. The van der Waals surface area contributed by atoms with Gasteiger partial charge in [0, 0.05) is 6.42 Å². The van der Waals surface area contributed by atoms with Gasteiger partial charge >= 0.3 is 5.97 Å². The number of methoxy groups -OCH3 is 2. The second-order valence-electron chi connectivity index (χ2n) is 3.79. The largest absolute Gasteiger partial charge is 0.493 e. The van der Waals surface area contributed by atoms with Crippen LogP contribution in [0, 0.1) is 0 Å². The number of carbonyl (C=O) groups is 1. The first-order valence-corrected chi connectivity index (χ1v) is 5.36. The first kappa shape index (κ1) is 12.2. The smallest absolute Gasteiger partial charge is 0.346 e. The molecule has 0 saturated carbocycles. The minimum absolute atomic E-state index is 0.0368. The second-order valence-corrected chi connectivity index (χ2v) is 3.79. The van der Waals surface area contributed by atoms with Gasteiger partial charge in [0.25, 0.3) is 0 Å². The molecule has 1 aliphatic heterocycles. The zero-order chi connectivity index (χ0) is 13.1. The van der Waals surface area contributed by atoms with Crippen molar-refractivity contribution in [3.8, 4) is 11.5 Å². The lowest BCUT2D eigenvalue weighted by Crippen LogP contribution is -2.00. The summed E-state index contributed by atoms with van der Waals surface area (Å²) in [7, 11) is 3.07. The summed E-state index contributed by atoms with van der Waals surface area (Å²) in [4.78, 5) is 21.8. The highest BCUT2D eigenvalue weighted by molar-refractivity contribution is 5.98. The zero-order valence-electron chi connectivity index (χ0n) is 10.1. The molecule has 18 heavy (non-hydrogen) atoms. The van der Waals surface area contributed by atoms with Gasteiger partial charge in [-0.05, 0) is 17.7 Å². The molecule has 1 saturated heterocycles. The Hall–Kier alpha value is -2.26. The van der Waals surface area contributed by atoms with Crippen molar-refractivity contribution in [2.45, 2.75) is 12.5 Å². The first-order chi connectivity index (χ1) is 8.69. The van der Waals surface area contributed by atoms with Gasteiger partial charge in [-0.15, -0.1) is 0 Å². The highest BCUT2D eigenvalue weighted by Crippen LogP contribution is 2.36. The quantitative estimate of drug-likeness (QED) is 0.460. The van der Waals surface area contributed by atoms with Crippen LogP contribution >= 0.6 is 0 Å². The van der Waals surface area contributed by atoms with Gasteiger partial charge in [0.1, 0.15) is 17.6 Å². The van der Waals surface area contributed by atoms with Crippen molar-refractivity contribution in [3.05, 3.63) is 29.3 Å². The molecule has 0 bridgehead atoms. The van der Waals surface area contributed by atoms with Gasteiger partial charge in [-0.1, -0.05) is 6.07 Å². The van der Waals surface area contributed by atoms with Crippen LogP contribution in [0.25, 0.3) is 0 Å². The Morgan fingerprint density at radius 1 is 1.28 bits per heavy atom. The monoisotopic (exact) mass is 248 g/mol. The number of hydrogen-bond acceptors (Lipinski definition) is 5. The van der Waals surface area contributed by atoms with E-state index in [1.165, 1.54) is 7.11 Å². The van der Waals surface area contributed by atoms with Crippen molar-refractivity contribution >= 4 is 11.9 Å². The van der Waals surface area contributed by atoms with Gasteiger partial charge in [0.2, 0.25) is 0 Å². The Labute approximate surface area is 104 Å². The number of rotatable bonds is 3. The van der Waals surface area contributed by atoms with Crippen molar-refractivity contribution < 1.29 is 23.8 Å². The summed E-state index contributed by atoms with van der Waals surface area (Å²) in [5.74, 6) is 2.14. The number of cyclic esters (lactones) is 1. The Morgan fingerprint density at radius 3 is 2.56 bits per heavy atom. The van der Waals surface area contributed by atoms with Crippen molar-refractivity contribution in [1.82, 2.24) is 0 Å². The molecule has 0 aliphatic carbocycles. The fraction of sp³-hybridized carbons (Fsp3) is 0.308. The van der Waals surface area contributed by atoms with Crippen molar-refractivity contribution in [2.75, 3.05) is 14.2 Å². The summed E-state index contributed by atoms with van der Waals surface area (Å²) in [6, 6.07) is 5.22. The van der Waals surface area contributed by atoms with Crippen LogP contribution in [0.4, 0.5) is 0 Å². The van der Waals surface area contributed by atoms with Crippen molar-refractivity contribution in [1.29, 1.82) is 0 Å².